The van der Waals surface area contributed by atoms with E-state index in [1.165, 1.54) is 0 Å². The van der Waals surface area contributed by atoms with Gasteiger partial charge in [0, 0.05) is 6.42 Å². The van der Waals surface area contributed by atoms with Gasteiger partial charge >= 0.3 is 0 Å². The maximum atomic E-state index is 12.1. The van der Waals surface area contributed by atoms with Gasteiger partial charge in [-0.1, -0.05) is 18.2 Å². The molecule has 0 aliphatic heterocycles. The Bertz CT molecular complexity index is 556. The number of sulfone groups is 1. The minimum atomic E-state index is -3.53. The maximum Gasteiger partial charge on any atom is 0.185 e. The van der Waals surface area contributed by atoms with Crippen molar-refractivity contribution >= 4 is 15.6 Å². The molecule has 0 atom stereocenters. The predicted molar refractivity (Wildman–Crippen MR) is 72.4 cm³/mol. The zero-order chi connectivity index (χ0) is 13.8. The number of ketones is 1. The molecule has 18 heavy (non-hydrogen) atoms. The Hall–Kier alpha value is -1.42. The number of allylic oxidation sites excluding steroid dienone is 1. The molecular formula is C14H18O3S. The van der Waals surface area contributed by atoms with Crippen molar-refractivity contribution in [1.82, 2.24) is 0 Å². The third-order valence-electron chi connectivity index (χ3n) is 2.87. The Morgan fingerprint density at radius 3 is 2.61 bits per heavy atom. The standard InChI is InChI=1S/C14H18O3S/c1-4-5-8-13(15)10-18(16,17)14-9-6-7-11(2)12(14)3/h4,6-7,9H,1,5,8,10H2,2-3H3. The molecule has 1 aromatic rings. The van der Waals surface area contributed by atoms with Crippen LogP contribution in [0.3, 0.4) is 0 Å². The third-order valence-corrected chi connectivity index (χ3v) is 4.68. The Balaban J connectivity index is 2.97. The molecular weight excluding hydrogens is 248 g/mol. The van der Waals surface area contributed by atoms with E-state index >= 15 is 0 Å². The molecule has 1 aromatic carbocycles. The maximum absolute atomic E-state index is 12.1. The van der Waals surface area contributed by atoms with Gasteiger partial charge in [0.2, 0.25) is 0 Å². The fraction of sp³-hybridized carbons (Fsp3) is 0.357. The van der Waals surface area contributed by atoms with E-state index in [0.717, 1.165) is 5.56 Å². The van der Waals surface area contributed by atoms with E-state index in [4.69, 9.17) is 0 Å². The Morgan fingerprint density at radius 1 is 1.33 bits per heavy atom. The second kappa shape index (κ2) is 5.96. The smallest absolute Gasteiger partial charge is 0.185 e. The van der Waals surface area contributed by atoms with Gasteiger partial charge in [-0.05, 0) is 37.5 Å². The molecule has 3 nitrogen and oxygen atoms in total. The molecule has 0 N–H and O–H groups in total. The normalized spacial score (nSPS) is 11.2. The second-order valence-corrected chi connectivity index (χ2v) is 6.28. The number of hydrogen-bond acceptors (Lipinski definition) is 3. The van der Waals surface area contributed by atoms with Crippen LogP contribution in [0.1, 0.15) is 24.0 Å². The summed E-state index contributed by atoms with van der Waals surface area (Å²) in [6.07, 6.45) is 2.36. The summed E-state index contributed by atoms with van der Waals surface area (Å²) in [7, 11) is -3.53. The summed E-state index contributed by atoms with van der Waals surface area (Å²) in [6, 6.07) is 5.11. The van der Waals surface area contributed by atoms with Gasteiger partial charge in [0.1, 0.15) is 11.5 Å². The Labute approximate surface area is 108 Å². The van der Waals surface area contributed by atoms with Crippen LogP contribution < -0.4 is 0 Å². The van der Waals surface area contributed by atoms with Crippen molar-refractivity contribution in [2.45, 2.75) is 31.6 Å². The molecule has 0 aliphatic carbocycles. The van der Waals surface area contributed by atoms with Gasteiger partial charge in [0.05, 0.1) is 4.90 Å². The molecule has 0 bridgehead atoms. The first-order valence-corrected chi connectivity index (χ1v) is 7.45. The van der Waals surface area contributed by atoms with Gasteiger partial charge in [-0.3, -0.25) is 4.79 Å². The van der Waals surface area contributed by atoms with E-state index in [1.54, 1.807) is 25.1 Å². The van der Waals surface area contributed by atoms with E-state index < -0.39 is 15.6 Å². The van der Waals surface area contributed by atoms with E-state index in [1.807, 2.05) is 13.0 Å². The summed E-state index contributed by atoms with van der Waals surface area (Å²) < 4.78 is 24.3. The third kappa shape index (κ3) is 3.53. The number of carbonyl (C=O) groups is 1. The summed E-state index contributed by atoms with van der Waals surface area (Å²) in [5.74, 6) is -0.693. The van der Waals surface area contributed by atoms with Crippen molar-refractivity contribution in [3.8, 4) is 0 Å². The van der Waals surface area contributed by atoms with Gasteiger partial charge < -0.3 is 0 Å². The van der Waals surface area contributed by atoms with Crippen molar-refractivity contribution in [1.29, 1.82) is 0 Å². The fourth-order valence-corrected chi connectivity index (χ4v) is 3.32. The summed E-state index contributed by atoms with van der Waals surface area (Å²) in [6.45, 7) is 7.13. The number of aryl methyl sites for hydroxylation is 1. The van der Waals surface area contributed by atoms with Crippen LogP contribution >= 0.6 is 0 Å². The topological polar surface area (TPSA) is 51.2 Å². The van der Waals surface area contributed by atoms with Crippen LogP contribution in [0.25, 0.3) is 0 Å². The minimum Gasteiger partial charge on any atom is -0.299 e. The monoisotopic (exact) mass is 266 g/mol. The lowest BCUT2D eigenvalue weighted by molar-refractivity contribution is -0.116. The highest BCUT2D eigenvalue weighted by Gasteiger charge is 2.21. The van der Waals surface area contributed by atoms with Crippen molar-refractivity contribution in [2.75, 3.05) is 5.75 Å². The highest BCUT2D eigenvalue weighted by atomic mass is 32.2. The predicted octanol–water partition coefficient (Wildman–Crippen LogP) is 2.61. The average molecular weight is 266 g/mol. The molecule has 0 saturated carbocycles. The summed E-state index contributed by atoms with van der Waals surface area (Å²) in [5.41, 5.74) is 1.63. The van der Waals surface area contributed by atoms with Crippen LogP contribution in [0.15, 0.2) is 35.7 Å². The quantitative estimate of drug-likeness (QED) is 0.744. The molecule has 4 heteroatoms. The molecule has 0 unspecified atom stereocenters. The first kappa shape index (κ1) is 14.6. The number of Topliss-reactive ketones (excluding diaryl/α,β-unsaturated/α-hetero) is 1. The van der Waals surface area contributed by atoms with Gasteiger partial charge in [-0.25, -0.2) is 8.42 Å². The first-order valence-electron chi connectivity index (χ1n) is 5.80. The lowest BCUT2D eigenvalue weighted by Crippen LogP contribution is -2.17. The largest absolute Gasteiger partial charge is 0.299 e. The van der Waals surface area contributed by atoms with Crippen LogP contribution in [0, 0.1) is 13.8 Å². The Kier molecular flexibility index (Phi) is 4.84. The number of benzene rings is 1. The zero-order valence-electron chi connectivity index (χ0n) is 10.8. The molecule has 0 saturated heterocycles. The lowest BCUT2D eigenvalue weighted by atomic mass is 10.1. The summed E-state index contributed by atoms with van der Waals surface area (Å²) in [4.78, 5) is 11.8. The number of rotatable bonds is 6. The summed E-state index contributed by atoms with van der Waals surface area (Å²) in [5, 5.41) is 0. The van der Waals surface area contributed by atoms with Crippen LogP contribution in [-0.2, 0) is 14.6 Å². The number of hydrogen-bond donors (Lipinski definition) is 0. The van der Waals surface area contributed by atoms with Gasteiger partial charge in [-0.15, -0.1) is 6.58 Å². The van der Waals surface area contributed by atoms with Gasteiger partial charge in [0.15, 0.2) is 9.84 Å². The highest BCUT2D eigenvalue weighted by Crippen LogP contribution is 2.19. The van der Waals surface area contributed by atoms with Crippen molar-refractivity contribution in [3.05, 3.63) is 42.0 Å². The second-order valence-electron chi connectivity index (χ2n) is 4.32. The first-order chi connectivity index (χ1) is 8.38. The van der Waals surface area contributed by atoms with Crippen LogP contribution in [0.5, 0.6) is 0 Å². The zero-order valence-corrected chi connectivity index (χ0v) is 11.6. The van der Waals surface area contributed by atoms with E-state index in [-0.39, 0.29) is 17.1 Å². The Morgan fingerprint density at radius 2 is 2.00 bits per heavy atom. The SMILES string of the molecule is C=CCCC(=O)CS(=O)(=O)c1cccc(C)c1C. The molecule has 0 fully saturated rings. The molecule has 98 valence electrons. The van der Waals surface area contributed by atoms with Crippen LogP contribution in [0.4, 0.5) is 0 Å². The summed E-state index contributed by atoms with van der Waals surface area (Å²) >= 11 is 0. The van der Waals surface area contributed by atoms with Crippen molar-refractivity contribution < 1.29 is 13.2 Å². The molecule has 0 radical (unpaired) electrons. The molecule has 0 aromatic heterocycles. The lowest BCUT2D eigenvalue weighted by Gasteiger charge is -2.09. The van der Waals surface area contributed by atoms with Crippen molar-refractivity contribution in [2.24, 2.45) is 0 Å². The van der Waals surface area contributed by atoms with Gasteiger partial charge in [-0.2, -0.15) is 0 Å². The minimum absolute atomic E-state index is 0.230. The molecule has 0 aliphatic rings. The van der Waals surface area contributed by atoms with E-state index in [0.29, 0.717) is 12.0 Å². The fourth-order valence-electron chi connectivity index (χ4n) is 1.69. The van der Waals surface area contributed by atoms with Gasteiger partial charge in [0.25, 0.3) is 0 Å². The van der Waals surface area contributed by atoms with E-state index in [9.17, 15) is 13.2 Å². The average Bonchev–Trinajstić information content (AvgIpc) is 2.29. The molecule has 0 heterocycles. The number of carbonyl (C=O) groups excluding carboxylic acids is 1. The van der Waals surface area contributed by atoms with E-state index in [2.05, 4.69) is 6.58 Å². The highest BCUT2D eigenvalue weighted by molar-refractivity contribution is 7.92. The molecule has 0 spiro atoms. The molecule has 0 amide bonds. The molecule has 1 rings (SSSR count). The van der Waals surface area contributed by atoms with Crippen LogP contribution in [-0.4, -0.2) is 20.0 Å². The van der Waals surface area contributed by atoms with Crippen LogP contribution in [0.2, 0.25) is 0 Å². The van der Waals surface area contributed by atoms with Crippen molar-refractivity contribution in [3.63, 3.8) is 0 Å².